The number of para-hydroxylation sites is 1. The normalized spacial score (nSPS) is 17.3. The van der Waals surface area contributed by atoms with E-state index in [9.17, 15) is 4.79 Å². The average Bonchev–Trinajstić information content (AvgIpc) is 3.26. The molecule has 0 saturated carbocycles. The topological polar surface area (TPSA) is 39.3 Å². The quantitative estimate of drug-likeness (QED) is 0.836. The Labute approximate surface area is 151 Å². The summed E-state index contributed by atoms with van der Waals surface area (Å²) in [5.74, 6) is 0.644. The summed E-state index contributed by atoms with van der Waals surface area (Å²) in [6.45, 7) is 3.58. The van der Waals surface area contributed by atoms with Gasteiger partial charge in [0.15, 0.2) is 0 Å². The second-order valence-electron chi connectivity index (χ2n) is 6.44. The summed E-state index contributed by atoms with van der Waals surface area (Å²) in [5.41, 5.74) is 3.72. The van der Waals surface area contributed by atoms with Crippen LogP contribution >= 0.6 is 24.0 Å². The molecule has 2 aliphatic heterocycles. The Morgan fingerprint density at radius 2 is 1.96 bits per heavy atom. The van der Waals surface area contributed by atoms with Crippen LogP contribution in [0.2, 0.25) is 0 Å². The molecule has 1 N–H and O–H groups in total. The first-order valence-electron chi connectivity index (χ1n) is 8.50. The van der Waals surface area contributed by atoms with E-state index in [1.54, 1.807) is 0 Å². The highest BCUT2D eigenvalue weighted by Gasteiger charge is 2.24. The molecule has 2 aromatic rings. The van der Waals surface area contributed by atoms with E-state index < -0.39 is 0 Å². The van der Waals surface area contributed by atoms with E-state index in [1.165, 1.54) is 46.8 Å². The molecule has 0 aliphatic carbocycles. The lowest BCUT2D eigenvalue weighted by Gasteiger charge is -2.27. The van der Waals surface area contributed by atoms with Gasteiger partial charge in [0.05, 0.1) is 5.75 Å². The van der Waals surface area contributed by atoms with Crippen molar-refractivity contribution < 1.29 is 4.79 Å². The van der Waals surface area contributed by atoms with Gasteiger partial charge >= 0.3 is 0 Å². The summed E-state index contributed by atoms with van der Waals surface area (Å²) < 4.78 is 0.880. The molecule has 0 atom stereocenters. The molecule has 4 rings (SSSR count). The Bertz CT molecular complexity index is 780. The van der Waals surface area contributed by atoms with Gasteiger partial charge in [-0.2, -0.15) is 0 Å². The van der Waals surface area contributed by atoms with Crippen molar-refractivity contribution in [1.29, 1.82) is 0 Å². The number of carbonyl (C=O) groups excluding carboxylic acids is 1. The molecule has 1 aromatic heterocycles. The highest BCUT2D eigenvalue weighted by atomic mass is 32.2. The number of benzene rings is 1. The van der Waals surface area contributed by atoms with Crippen LogP contribution in [-0.2, 0) is 17.8 Å². The van der Waals surface area contributed by atoms with E-state index in [4.69, 9.17) is 12.2 Å². The molecule has 0 spiro atoms. The summed E-state index contributed by atoms with van der Waals surface area (Å²) in [6.07, 6.45) is 3.32. The third-order valence-electron chi connectivity index (χ3n) is 4.92. The van der Waals surface area contributed by atoms with Crippen molar-refractivity contribution in [2.75, 3.05) is 25.4 Å². The number of rotatable bonds is 2. The molecule has 0 bridgehead atoms. The van der Waals surface area contributed by atoms with Crippen LogP contribution in [-0.4, -0.2) is 50.4 Å². The second kappa shape index (κ2) is 6.76. The van der Waals surface area contributed by atoms with Gasteiger partial charge in [0.25, 0.3) is 0 Å². The Balaban J connectivity index is 1.40. The van der Waals surface area contributed by atoms with E-state index in [2.05, 4.69) is 28.1 Å². The number of nitrogens with one attached hydrogen (secondary N) is 1. The Kier molecular flexibility index (Phi) is 4.50. The monoisotopic (exact) mass is 359 g/mol. The van der Waals surface area contributed by atoms with Gasteiger partial charge in [-0.1, -0.05) is 42.2 Å². The van der Waals surface area contributed by atoms with E-state index in [0.29, 0.717) is 12.3 Å². The van der Waals surface area contributed by atoms with Gasteiger partial charge < -0.3 is 14.8 Å². The fraction of sp³-hybridized carbons (Fsp3) is 0.444. The lowest BCUT2D eigenvalue weighted by molar-refractivity contribution is -0.129. The van der Waals surface area contributed by atoms with Crippen molar-refractivity contribution in [3.63, 3.8) is 0 Å². The number of hydrogen-bond donors (Lipinski definition) is 1. The van der Waals surface area contributed by atoms with Crippen molar-refractivity contribution >= 4 is 45.1 Å². The van der Waals surface area contributed by atoms with E-state index in [-0.39, 0.29) is 5.91 Å². The number of aromatic amines is 1. The Hall–Kier alpha value is -1.53. The summed E-state index contributed by atoms with van der Waals surface area (Å²) in [7, 11) is 0. The number of hydrogen-bond acceptors (Lipinski definition) is 3. The minimum absolute atomic E-state index is 0.192. The molecule has 1 amide bonds. The Morgan fingerprint density at radius 1 is 1.17 bits per heavy atom. The number of nitrogens with zero attached hydrogens (tertiary/aromatic N) is 2. The van der Waals surface area contributed by atoms with E-state index in [1.807, 2.05) is 11.0 Å². The maximum atomic E-state index is 12.6. The van der Waals surface area contributed by atoms with Crippen molar-refractivity contribution in [2.24, 2.45) is 0 Å². The van der Waals surface area contributed by atoms with Gasteiger partial charge in [-0.3, -0.25) is 4.79 Å². The number of aromatic nitrogens is 1. The van der Waals surface area contributed by atoms with Gasteiger partial charge in [-0.05, 0) is 18.9 Å². The molecule has 0 radical (unpaired) electrons. The summed E-state index contributed by atoms with van der Waals surface area (Å²) >= 11 is 6.98. The zero-order chi connectivity index (χ0) is 16.5. The molecule has 24 heavy (non-hydrogen) atoms. The number of amides is 1. The lowest BCUT2D eigenvalue weighted by Crippen LogP contribution is -2.37. The van der Waals surface area contributed by atoms with Crippen LogP contribution in [0.25, 0.3) is 10.9 Å². The molecule has 1 saturated heterocycles. The summed E-state index contributed by atoms with van der Waals surface area (Å²) in [4.78, 5) is 20.3. The number of H-pyrrole nitrogens is 1. The second-order valence-corrected chi connectivity index (χ2v) is 8.05. The van der Waals surface area contributed by atoms with Crippen LogP contribution in [0, 0.1) is 0 Å². The minimum atomic E-state index is 0.192. The van der Waals surface area contributed by atoms with Crippen LogP contribution in [0.15, 0.2) is 24.3 Å². The largest absolute Gasteiger partial charge is 0.358 e. The molecular weight excluding hydrogens is 338 g/mol. The molecule has 1 aromatic carbocycles. The van der Waals surface area contributed by atoms with Gasteiger partial charge in [-0.15, -0.1) is 0 Å². The van der Waals surface area contributed by atoms with Crippen LogP contribution in [0.4, 0.5) is 0 Å². The molecule has 4 nitrogen and oxygen atoms in total. The van der Waals surface area contributed by atoms with Crippen molar-refractivity contribution in [1.82, 2.24) is 14.8 Å². The van der Waals surface area contributed by atoms with Crippen molar-refractivity contribution in [3.8, 4) is 0 Å². The van der Waals surface area contributed by atoms with Crippen LogP contribution in [0.5, 0.6) is 0 Å². The number of thiocarbonyl (C=S) groups is 1. The highest BCUT2D eigenvalue weighted by molar-refractivity contribution is 8.23. The third-order valence-corrected chi connectivity index (χ3v) is 6.43. The summed E-state index contributed by atoms with van der Waals surface area (Å²) in [5, 5.41) is 1.24. The zero-order valence-electron chi connectivity index (χ0n) is 13.6. The predicted octanol–water partition coefficient (Wildman–Crippen LogP) is 3.17. The molecule has 6 heteroatoms. The minimum Gasteiger partial charge on any atom is -0.358 e. The maximum absolute atomic E-state index is 12.6. The van der Waals surface area contributed by atoms with Gasteiger partial charge in [0, 0.05) is 54.8 Å². The SMILES string of the molecule is O=C(CSC(=S)N1CCCC1)N1CCc2[nH]c3ccccc3c2C1. The summed E-state index contributed by atoms with van der Waals surface area (Å²) in [6, 6.07) is 8.34. The molecule has 126 valence electrons. The molecular formula is C18H21N3OS2. The fourth-order valence-corrected chi connectivity index (χ4v) is 4.74. The van der Waals surface area contributed by atoms with Crippen LogP contribution in [0.3, 0.4) is 0 Å². The number of thioether (sulfide) groups is 1. The number of likely N-dealkylation sites (tertiary alicyclic amines) is 1. The van der Waals surface area contributed by atoms with E-state index >= 15 is 0 Å². The predicted molar refractivity (Wildman–Crippen MR) is 103 cm³/mol. The Morgan fingerprint density at radius 3 is 2.79 bits per heavy atom. The van der Waals surface area contributed by atoms with E-state index in [0.717, 1.165) is 30.4 Å². The first-order valence-corrected chi connectivity index (χ1v) is 9.90. The van der Waals surface area contributed by atoms with Gasteiger partial charge in [0.2, 0.25) is 5.91 Å². The smallest absolute Gasteiger partial charge is 0.233 e. The van der Waals surface area contributed by atoms with Crippen molar-refractivity contribution in [2.45, 2.75) is 25.8 Å². The molecule has 0 unspecified atom stereocenters. The van der Waals surface area contributed by atoms with Gasteiger partial charge in [-0.25, -0.2) is 0 Å². The molecule has 2 aliphatic rings. The average molecular weight is 360 g/mol. The lowest BCUT2D eigenvalue weighted by atomic mass is 10.0. The maximum Gasteiger partial charge on any atom is 0.233 e. The zero-order valence-corrected chi connectivity index (χ0v) is 15.2. The molecule has 1 fully saturated rings. The third kappa shape index (κ3) is 3.05. The number of carbonyl (C=O) groups is 1. The van der Waals surface area contributed by atoms with Gasteiger partial charge in [0.1, 0.15) is 4.32 Å². The molecule has 3 heterocycles. The standard InChI is InChI=1S/C18H21N3OS2/c22-17(12-24-18(23)20-8-3-4-9-20)21-10-7-16-14(11-21)13-5-1-2-6-15(13)19-16/h1-2,5-6,19H,3-4,7-12H2. The fourth-order valence-electron chi connectivity index (χ4n) is 3.59. The number of fused-ring (bicyclic) bond motifs is 3. The van der Waals surface area contributed by atoms with Crippen LogP contribution < -0.4 is 0 Å². The van der Waals surface area contributed by atoms with Crippen LogP contribution in [0.1, 0.15) is 24.1 Å². The van der Waals surface area contributed by atoms with Crippen molar-refractivity contribution in [3.05, 3.63) is 35.5 Å². The first kappa shape index (κ1) is 16.0. The first-order chi connectivity index (χ1) is 11.7. The highest BCUT2D eigenvalue weighted by Crippen LogP contribution is 2.28.